The highest BCUT2D eigenvalue weighted by Gasteiger charge is 2.20. The van der Waals surface area contributed by atoms with Gasteiger partial charge in [0.05, 0.1) is 0 Å². The summed E-state index contributed by atoms with van der Waals surface area (Å²) in [5.41, 5.74) is 4.12. The lowest BCUT2D eigenvalue weighted by Crippen LogP contribution is -2.47. The van der Waals surface area contributed by atoms with Crippen LogP contribution in [0.1, 0.15) is 25.0 Å². The maximum Gasteiger partial charge on any atom is 0.227 e. The maximum absolute atomic E-state index is 4.79. The van der Waals surface area contributed by atoms with E-state index < -0.39 is 0 Å². The summed E-state index contributed by atoms with van der Waals surface area (Å²) in [6.45, 7) is 14.6. The van der Waals surface area contributed by atoms with Gasteiger partial charge in [0.2, 0.25) is 5.95 Å². The number of anilines is 3. The molecule has 0 unspecified atom stereocenters. The van der Waals surface area contributed by atoms with Crippen molar-refractivity contribution >= 4 is 17.5 Å². The van der Waals surface area contributed by atoms with Crippen molar-refractivity contribution in [1.82, 2.24) is 9.97 Å². The Balaban J connectivity index is 1.70. The van der Waals surface area contributed by atoms with Crippen LogP contribution in [-0.2, 0) is 0 Å². The van der Waals surface area contributed by atoms with E-state index in [2.05, 4.69) is 65.6 Å². The molecule has 1 aromatic carbocycles. The Morgan fingerprint density at radius 3 is 2.32 bits per heavy atom. The number of rotatable bonds is 5. The molecule has 5 nitrogen and oxygen atoms in total. The summed E-state index contributed by atoms with van der Waals surface area (Å²) >= 11 is 0. The third kappa shape index (κ3) is 3.70. The topological polar surface area (TPSA) is 35.5 Å². The van der Waals surface area contributed by atoms with E-state index in [1.54, 1.807) is 0 Å². The highest BCUT2D eigenvalue weighted by molar-refractivity contribution is 5.57. The number of benzene rings is 1. The van der Waals surface area contributed by atoms with Crippen molar-refractivity contribution in [3.63, 3.8) is 0 Å². The van der Waals surface area contributed by atoms with Crippen molar-refractivity contribution in [3.05, 3.63) is 41.6 Å². The number of piperazine rings is 1. The maximum atomic E-state index is 4.79. The number of nitrogens with zero attached hydrogens (tertiary/aromatic N) is 5. The Bertz CT molecular complexity index is 703. The van der Waals surface area contributed by atoms with E-state index in [-0.39, 0.29) is 0 Å². The van der Waals surface area contributed by atoms with E-state index >= 15 is 0 Å². The average Bonchev–Trinajstić information content (AvgIpc) is 2.65. The smallest absolute Gasteiger partial charge is 0.227 e. The molecule has 0 N–H and O–H groups in total. The van der Waals surface area contributed by atoms with Crippen LogP contribution in [0.2, 0.25) is 0 Å². The summed E-state index contributed by atoms with van der Waals surface area (Å²) in [7, 11) is 0. The standard InChI is InChI=1S/C20H29N5/c1-5-23(6-2)20-21-11-10-19(22-20)25-14-12-24(13-15-25)18-9-7-8-16(3)17(18)4/h7-11H,5-6,12-15H2,1-4H3. The van der Waals surface area contributed by atoms with E-state index in [4.69, 9.17) is 4.98 Å². The van der Waals surface area contributed by atoms with Gasteiger partial charge in [-0.1, -0.05) is 12.1 Å². The minimum absolute atomic E-state index is 0.833. The third-order valence-electron chi connectivity index (χ3n) is 5.19. The van der Waals surface area contributed by atoms with Crippen LogP contribution in [0.5, 0.6) is 0 Å². The van der Waals surface area contributed by atoms with Gasteiger partial charge in [-0.25, -0.2) is 4.98 Å². The average molecular weight is 339 g/mol. The van der Waals surface area contributed by atoms with Crippen LogP contribution in [0.4, 0.5) is 17.5 Å². The Kier molecular flexibility index (Phi) is 5.41. The molecule has 0 radical (unpaired) electrons. The van der Waals surface area contributed by atoms with Crippen LogP contribution in [0.25, 0.3) is 0 Å². The van der Waals surface area contributed by atoms with Crippen molar-refractivity contribution < 1.29 is 0 Å². The second kappa shape index (κ2) is 7.72. The van der Waals surface area contributed by atoms with Crippen molar-refractivity contribution in [2.75, 3.05) is 54.0 Å². The Morgan fingerprint density at radius 1 is 0.960 bits per heavy atom. The molecule has 2 aromatic rings. The molecule has 25 heavy (non-hydrogen) atoms. The molecule has 134 valence electrons. The molecule has 1 aliphatic rings. The minimum Gasteiger partial charge on any atom is -0.368 e. The van der Waals surface area contributed by atoms with E-state index in [1.807, 2.05) is 12.3 Å². The van der Waals surface area contributed by atoms with Crippen molar-refractivity contribution in [2.45, 2.75) is 27.7 Å². The zero-order valence-electron chi connectivity index (χ0n) is 15.9. The molecular formula is C20H29N5. The SMILES string of the molecule is CCN(CC)c1nccc(N2CCN(c3cccc(C)c3C)CC2)n1. The Labute approximate surface area is 151 Å². The number of aryl methyl sites for hydroxylation is 1. The first-order valence-corrected chi connectivity index (χ1v) is 9.28. The molecule has 1 fully saturated rings. The summed E-state index contributed by atoms with van der Waals surface area (Å²) in [5, 5.41) is 0. The van der Waals surface area contributed by atoms with Crippen LogP contribution in [-0.4, -0.2) is 49.2 Å². The molecular weight excluding hydrogens is 310 g/mol. The second-order valence-electron chi connectivity index (χ2n) is 6.58. The van der Waals surface area contributed by atoms with E-state index in [1.165, 1.54) is 16.8 Å². The van der Waals surface area contributed by atoms with Crippen LogP contribution in [0.15, 0.2) is 30.5 Å². The zero-order chi connectivity index (χ0) is 17.8. The largest absolute Gasteiger partial charge is 0.368 e. The molecule has 0 aliphatic carbocycles. The van der Waals surface area contributed by atoms with Crippen molar-refractivity contribution in [3.8, 4) is 0 Å². The van der Waals surface area contributed by atoms with Crippen LogP contribution in [0, 0.1) is 13.8 Å². The third-order valence-corrected chi connectivity index (χ3v) is 5.19. The van der Waals surface area contributed by atoms with Crippen LogP contribution < -0.4 is 14.7 Å². The molecule has 2 heterocycles. The summed E-state index contributed by atoms with van der Waals surface area (Å²) in [5.74, 6) is 1.87. The Morgan fingerprint density at radius 2 is 1.64 bits per heavy atom. The monoisotopic (exact) mass is 339 g/mol. The molecule has 3 rings (SSSR count). The van der Waals surface area contributed by atoms with Gasteiger partial charge in [0, 0.05) is 51.2 Å². The normalized spacial score (nSPS) is 14.7. The van der Waals surface area contributed by atoms with Gasteiger partial charge in [-0.15, -0.1) is 0 Å². The lowest BCUT2D eigenvalue weighted by Gasteiger charge is -2.37. The minimum atomic E-state index is 0.833. The molecule has 1 aromatic heterocycles. The molecule has 0 saturated carbocycles. The van der Waals surface area contributed by atoms with E-state index in [9.17, 15) is 0 Å². The lowest BCUT2D eigenvalue weighted by atomic mass is 10.1. The molecule has 1 aliphatic heterocycles. The summed E-state index contributed by atoms with van der Waals surface area (Å²) in [6.07, 6.45) is 1.88. The van der Waals surface area contributed by atoms with Gasteiger partial charge in [-0.3, -0.25) is 0 Å². The second-order valence-corrected chi connectivity index (χ2v) is 6.58. The lowest BCUT2D eigenvalue weighted by molar-refractivity contribution is 0.644. The molecule has 5 heteroatoms. The van der Waals surface area contributed by atoms with Gasteiger partial charge >= 0.3 is 0 Å². The predicted molar refractivity (Wildman–Crippen MR) is 106 cm³/mol. The number of hydrogen-bond donors (Lipinski definition) is 0. The molecule has 1 saturated heterocycles. The van der Waals surface area contributed by atoms with Gasteiger partial charge in [0.1, 0.15) is 5.82 Å². The molecule has 0 bridgehead atoms. The number of hydrogen-bond acceptors (Lipinski definition) is 5. The highest BCUT2D eigenvalue weighted by Crippen LogP contribution is 2.25. The fourth-order valence-electron chi connectivity index (χ4n) is 3.43. The van der Waals surface area contributed by atoms with Gasteiger partial charge < -0.3 is 14.7 Å². The molecule has 0 atom stereocenters. The van der Waals surface area contributed by atoms with Crippen molar-refractivity contribution in [2.24, 2.45) is 0 Å². The fourth-order valence-corrected chi connectivity index (χ4v) is 3.43. The van der Waals surface area contributed by atoms with Crippen LogP contribution >= 0.6 is 0 Å². The van der Waals surface area contributed by atoms with Gasteiger partial charge in [-0.2, -0.15) is 4.98 Å². The van der Waals surface area contributed by atoms with Gasteiger partial charge in [0.25, 0.3) is 0 Å². The van der Waals surface area contributed by atoms with Crippen LogP contribution in [0.3, 0.4) is 0 Å². The first kappa shape index (κ1) is 17.5. The van der Waals surface area contributed by atoms with Gasteiger partial charge in [-0.05, 0) is 51.0 Å². The first-order valence-electron chi connectivity index (χ1n) is 9.28. The number of aromatic nitrogens is 2. The fraction of sp³-hybridized carbons (Fsp3) is 0.500. The quantitative estimate of drug-likeness (QED) is 0.835. The highest BCUT2D eigenvalue weighted by atomic mass is 15.3. The molecule has 0 spiro atoms. The van der Waals surface area contributed by atoms with E-state index in [0.717, 1.165) is 51.0 Å². The van der Waals surface area contributed by atoms with Gasteiger partial charge in [0.15, 0.2) is 0 Å². The zero-order valence-corrected chi connectivity index (χ0v) is 15.9. The first-order chi connectivity index (χ1) is 12.1. The Hall–Kier alpha value is -2.30. The van der Waals surface area contributed by atoms with Crippen molar-refractivity contribution in [1.29, 1.82) is 0 Å². The summed E-state index contributed by atoms with van der Waals surface area (Å²) in [6, 6.07) is 8.61. The van der Waals surface area contributed by atoms with E-state index in [0.29, 0.717) is 0 Å². The summed E-state index contributed by atoms with van der Waals surface area (Å²) < 4.78 is 0. The molecule has 0 amide bonds. The predicted octanol–water partition coefficient (Wildman–Crippen LogP) is 3.27. The summed E-state index contributed by atoms with van der Waals surface area (Å²) in [4.78, 5) is 16.3.